The standard InChI is InChI=1S/C12H17FN2/c13-12-4-1-3-11(9-12)10-15-7-2-5-14-6-8-15/h1,3-4,9,14H,2,5-8,10H2. The van der Waals surface area contributed by atoms with Gasteiger partial charge in [-0.05, 0) is 37.2 Å². The van der Waals surface area contributed by atoms with Gasteiger partial charge >= 0.3 is 0 Å². The first kappa shape index (κ1) is 10.6. The minimum Gasteiger partial charge on any atom is -0.315 e. The highest BCUT2D eigenvalue weighted by Gasteiger charge is 2.08. The van der Waals surface area contributed by atoms with Crippen molar-refractivity contribution in [2.45, 2.75) is 13.0 Å². The molecule has 0 atom stereocenters. The van der Waals surface area contributed by atoms with Gasteiger partial charge < -0.3 is 5.32 Å². The summed E-state index contributed by atoms with van der Waals surface area (Å²) in [5.41, 5.74) is 1.07. The molecule has 1 saturated heterocycles. The molecule has 0 radical (unpaired) electrons. The first-order valence-corrected chi connectivity index (χ1v) is 5.52. The lowest BCUT2D eigenvalue weighted by atomic mass is 10.2. The average molecular weight is 208 g/mol. The van der Waals surface area contributed by atoms with E-state index in [0.717, 1.165) is 38.3 Å². The summed E-state index contributed by atoms with van der Waals surface area (Å²) < 4.78 is 13.0. The Hall–Kier alpha value is -0.930. The molecule has 1 heterocycles. The predicted octanol–water partition coefficient (Wildman–Crippen LogP) is 1.62. The SMILES string of the molecule is Fc1cccc(CN2CCCNCC2)c1. The highest BCUT2D eigenvalue weighted by molar-refractivity contribution is 5.16. The monoisotopic (exact) mass is 208 g/mol. The third kappa shape index (κ3) is 3.29. The maximum absolute atomic E-state index is 13.0. The van der Waals surface area contributed by atoms with Gasteiger partial charge in [0.1, 0.15) is 5.82 Å². The molecule has 0 aromatic heterocycles. The number of hydrogen-bond acceptors (Lipinski definition) is 2. The molecule has 15 heavy (non-hydrogen) atoms. The molecule has 82 valence electrons. The smallest absolute Gasteiger partial charge is 0.123 e. The second-order valence-corrected chi connectivity index (χ2v) is 4.01. The van der Waals surface area contributed by atoms with Gasteiger partial charge in [0.25, 0.3) is 0 Å². The molecule has 0 bridgehead atoms. The van der Waals surface area contributed by atoms with Crippen molar-refractivity contribution in [3.05, 3.63) is 35.6 Å². The maximum atomic E-state index is 13.0. The molecule has 2 rings (SSSR count). The summed E-state index contributed by atoms with van der Waals surface area (Å²) in [4.78, 5) is 2.37. The summed E-state index contributed by atoms with van der Waals surface area (Å²) in [6, 6.07) is 6.88. The largest absolute Gasteiger partial charge is 0.315 e. The summed E-state index contributed by atoms with van der Waals surface area (Å²) in [7, 11) is 0. The molecule has 3 heteroatoms. The van der Waals surface area contributed by atoms with Crippen molar-refractivity contribution in [2.24, 2.45) is 0 Å². The summed E-state index contributed by atoms with van der Waals surface area (Å²) in [5.74, 6) is -0.138. The van der Waals surface area contributed by atoms with Gasteiger partial charge in [0.15, 0.2) is 0 Å². The topological polar surface area (TPSA) is 15.3 Å². The number of hydrogen-bond donors (Lipinski definition) is 1. The van der Waals surface area contributed by atoms with E-state index >= 15 is 0 Å². The summed E-state index contributed by atoms with van der Waals surface area (Å²) in [6.07, 6.45) is 1.18. The lowest BCUT2D eigenvalue weighted by Crippen LogP contribution is -2.27. The Kier molecular flexibility index (Phi) is 3.69. The van der Waals surface area contributed by atoms with Gasteiger partial charge in [0.2, 0.25) is 0 Å². The van der Waals surface area contributed by atoms with Crippen molar-refractivity contribution in [2.75, 3.05) is 26.2 Å². The number of benzene rings is 1. The van der Waals surface area contributed by atoms with Gasteiger partial charge in [0, 0.05) is 19.6 Å². The third-order valence-electron chi connectivity index (χ3n) is 2.73. The van der Waals surface area contributed by atoms with Crippen molar-refractivity contribution >= 4 is 0 Å². The zero-order chi connectivity index (χ0) is 10.5. The van der Waals surface area contributed by atoms with Crippen LogP contribution < -0.4 is 5.32 Å². The molecule has 1 N–H and O–H groups in total. The summed E-state index contributed by atoms with van der Waals surface area (Å²) >= 11 is 0. The molecule has 1 aromatic carbocycles. The molecule has 1 aromatic rings. The average Bonchev–Trinajstić information content (AvgIpc) is 2.46. The second-order valence-electron chi connectivity index (χ2n) is 4.01. The Morgan fingerprint density at radius 1 is 1.27 bits per heavy atom. The molecular formula is C12H17FN2. The van der Waals surface area contributed by atoms with Crippen LogP contribution in [0.5, 0.6) is 0 Å². The van der Waals surface area contributed by atoms with E-state index in [0.29, 0.717) is 0 Å². The van der Waals surface area contributed by atoms with Crippen LogP contribution in [0.25, 0.3) is 0 Å². The van der Waals surface area contributed by atoms with E-state index in [1.165, 1.54) is 12.5 Å². The quantitative estimate of drug-likeness (QED) is 0.794. The fourth-order valence-corrected chi connectivity index (χ4v) is 1.95. The van der Waals surface area contributed by atoms with E-state index in [1.807, 2.05) is 6.07 Å². The zero-order valence-corrected chi connectivity index (χ0v) is 8.88. The van der Waals surface area contributed by atoms with Crippen molar-refractivity contribution in [3.63, 3.8) is 0 Å². The molecular weight excluding hydrogens is 191 g/mol. The second kappa shape index (κ2) is 5.24. The Balaban J connectivity index is 1.95. The van der Waals surface area contributed by atoms with Crippen LogP contribution in [0.2, 0.25) is 0 Å². The molecule has 0 amide bonds. The fourth-order valence-electron chi connectivity index (χ4n) is 1.95. The van der Waals surface area contributed by atoms with Crippen molar-refractivity contribution in [1.29, 1.82) is 0 Å². The first-order chi connectivity index (χ1) is 7.34. The van der Waals surface area contributed by atoms with Crippen molar-refractivity contribution in [1.82, 2.24) is 10.2 Å². The van der Waals surface area contributed by atoms with Gasteiger partial charge in [-0.1, -0.05) is 12.1 Å². The Bertz CT molecular complexity index is 306. The fraction of sp³-hybridized carbons (Fsp3) is 0.500. The number of halogens is 1. The van der Waals surface area contributed by atoms with E-state index in [1.54, 1.807) is 12.1 Å². The lowest BCUT2D eigenvalue weighted by molar-refractivity contribution is 0.284. The number of nitrogens with zero attached hydrogens (tertiary/aromatic N) is 1. The highest BCUT2D eigenvalue weighted by atomic mass is 19.1. The van der Waals surface area contributed by atoms with Gasteiger partial charge in [-0.2, -0.15) is 0 Å². The van der Waals surface area contributed by atoms with Gasteiger partial charge in [-0.25, -0.2) is 4.39 Å². The Morgan fingerprint density at radius 3 is 3.07 bits per heavy atom. The minimum absolute atomic E-state index is 0.138. The van der Waals surface area contributed by atoms with Crippen molar-refractivity contribution < 1.29 is 4.39 Å². The zero-order valence-electron chi connectivity index (χ0n) is 8.88. The lowest BCUT2D eigenvalue weighted by Gasteiger charge is -2.19. The third-order valence-corrected chi connectivity index (χ3v) is 2.73. The van der Waals surface area contributed by atoms with E-state index in [4.69, 9.17) is 0 Å². The van der Waals surface area contributed by atoms with E-state index in [2.05, 4.69) is 10.2 Å². The number of rotatable bonds is 2. The van der Waals surface area contributed by atoms with Gasteiger partial charge in [-0.3, -0.25) is 4.90 Å². The van der Waals surface area contributed by atoms with E-state index in [9.17, 15) is 4.39 Å². The van der Waals surface area contributed by atoms with Crippen LogP contribution in [-0.2, 0) is 6.54 Å². The molecule has 0 unspecified atom stereocenters. The predicted molar refractivity (Wildman–Crippen MR) is 59.2 cm³/mol. The van der Waals surface area contributed by atoms with Crippen LogP contribution in [0.1, 0.15) is 12.0 Å². The summed E-state index contributed by atoms with van der Waals surface area (Å²) in [6.45, 7) is 5.15. The number of nitrogens with one attached hydrogen (secondary N) is 1. The van der Waals surface area contributed by atoms with Gasteiger partial charge in [-0.15, -0.1) is 0 Å². The molecule has 1 aliphatic heterocycles. The van der Waals surface area contributed by atoms with Crippen LogP contribution >= 0.6 is 0 Å². The van der Waals surface area contributed by atoms with Crippen LogP contribution in [0, 0.1) is 5.82 Å². The molecule has 1 fully saturated rings. The van der Waals surface area contributed by atoms with Crippen LogP contribution in [-0.4, -0.2) is 31.1 Å². The van der Waals surface area contributed by atoms with Crippen LogP contribution in [0.3, 0.4) is 0 Å². The highest BCUT2D eigenvalue weighted by Crippen LogP contribution is 2.08. The van der Waals surface area contributed by atoms with E-state index < -0.39 is 0 Å². The van der Waals surface area contributed by atoms with Gasteiger partial charge in [0.05, 0.1) is 0 Å². The molecule has 0 saturated carbocycles. The molecule has 0 spiro atoms. The van der Waals surface area contributed by atoms with E-state index in [-0.39, 0.29) is 5.82 Å². The van der Waals surface area contributed by atoms with Crippen LogP contribution in [0.15, 0.2) is 24.3 Å². The van der Waals surface area contributed by atoms with Crippen molar-refractivity contribution in [3.8, 4) is 0 Å². The normalized spacial score (nSPS) is 18.7. The Morgan fingerprint density at radius 2 is 2.20 bits per heavy atom. The minimum atomic E-state index is -0.138. The maximum Gasteiger partial charge on any atom is 0.123 e. The molecule has 0 aliphatic carbocycles. The first-order valence-electron chi connectivity index (χ1n) is 5.52. The molecule has 1 aliphatic rings. The Labute approximate surface area is 90.1 Å². The summed E-state index contributed by atoms with van der Waals surface area (Å²) in [5, 5.41) is 3.36. The molecule has 2 nitrogen and oxygen atoms in total. The van der Waals surface area contributed by atoms with Crippen LogP contribution in [0.4, 0.5) is 4.39 Å².